The van der Waals surface area contributed by atoms with Crippen LogP contribution in [0.25, 0.3) is 0 Å². The van der Waals surface area contributed by atoms with Gasteiger partial charge in [-0.15, -0.1) is 0 Å². The number of hydrogen-bond donors (Lipinski definition) is 3. The Balaban J connectivity index is 1.50. The van der Waals surface area contributed by atoms with Crippen molar-refractivity contribution in [2.45, 2.75) is 39.0 Å². The molecule has 1 spiro atoms. The molecular formula is C20H30N4O2. The van der Waals surface area contributed by atoms with Crippen LogP contribution in [0.3, 0.4) is 0 Å². The van der Waals surface area contributed by atoms with Crippen LogP contribution in [0.4, 0.5) is 0 Å². The van der Waals surface area contributed by atoms with Gasteiger partial charge in [-0.25, -0.2) is 0 Å². The first-order valence-electron chi connectivity index (χ1n) is 9.72. The normalized spacial score (nSPS) is 19.1. The zero-order valence-corrected chi connectivity index (χ0v) is 15.6. The molecule has 1 aliphatic heterocycles. The molecule has 2 aliphatic rings. The number of nitrogens with one attached hydrogen (secondary N) is 2. The number of rotatable bonds is 5. The van der Waals surface area contributed by atoms with Crippen molar-refractivity contribution < 1.29 is 9.90 Å². The SMILES string of the molecule is CCNC(=NCCNC(=O)c1ccc(O)cc1)N1CCC2(CCCC2)C1. The van der Waals surface area contributed by atoms with Gasteiger partial charge in [-0.2, -0.15) is 0 Å². The van der Waals surface area contributed by atoms with Crippen LogP contribution in [0, 0.1) is 5.41 Å². The number of hydrogen-bond acceptors (Lipinski definition) is 3. The number of carbonyl (C=O) groups is 1. The Hall–Kier alpha value is -2.24. The van der Waals surface area contributed by atoms with Gasteiger partial charge in [0.15, 0.2) is 5.96 Å². The van der Waals surface area contributed by atoms with Crippen LogP contribution < -0.4 is 10.6 Å². The standard InChI is InChI=1S/C20H30N4O2/c1-2-21-19(24-14-11-20(15-24)9-3-4-10-20)23-13-12-22-18(26)16-5-7-17(25)8-6-16/h5-8,25H,2-4,9-15H2,1H3,(H,21,23)(H,22,26). The Morgan fingerprint density at radius 1 is 1.19 bits per heavy atom. The fourth-order valence-corrected chi connectivity index (χ4v) is 4.12. The summed E-state index contributed by atoms with van der Waals surface area (Å²) in [5.41, 5.74) is 1.06. The van der Waals surface area contributed by atoms with Crippen LogP contribution in [0.2, 0.25) is 0 Å². The van der Waals surface area contributed by atoms with Crippen molar-refractivity contribution in [1.82, 2.24) is 15.5 Å². The number of nitrogens with zero attached hydrogens (tertiary/aromatic N) is 2. The van der Waals surface area contributed by atoms with Gasteiger partial charge in [-0.05, 0) is 55.9 Å². The number of likely N-dealkylation sites (tertiary alicyclic amines) is 1. The smallest absolute Gasteiger partial charge is 0.251 e. The van der Waals surface area contributed by atoms with E-state index >= 15 is 0 Å². The number of phenolic OH excluding ortho intramolecular Hbond substituents is 1. The van der Waals surface area contributed by atoms with Crippen molar-refractivity contribution in [3.8, 4) is 5.75 Å². The molecule has 0 atom stereocenters. The van der Waals surface area contributed by atoms with Crippen molar-refractivity contribution >= 4 is 11.9 Å². The van der Waals surface area contributed by atoms with Gasteiger partial charge in [0.25, 0.3) is 5.91 Å². The van der Waals surface area contributed by atoms with Crippen molar-refractivity contribution in [2.75, 3.05) is 32.7 Å². The predicted molar refractivity (Wildman–Crippen MR) is 104 cm³/mol. The van der Waals surface area contributed by atoms with E-state index in [1.807, 2.05) is 0 Å². The molecule has 0 bridgehead atoms. The lowest BCUT2D eigenvalue weighted by atomic mass is 9.86. The van der Waals surface area contributed by atoms with Crippen LogP contribution in [-0.4, -0.2) is 54.6 Å². The molecule has 1 aromatic carbocycles. The van der Waals surface area contributed by atoms with Crippen molar-refractivity contribution in [3.05, 3.63) is 29.8 Å². The maximum Gasteiger partial charge on any atom is 0.251 e. The van der Waals surface area contributed by atoms with Crippen LogP contribution in [-0.2, 0) is 0 Å². The zero-order valence-electron chi connectivity index (χ0n) is 15.6. The maximum absolute atomic E-state index is 12.1. The molecule has 1 saturated carbocycles. The van der Waals surface area contributed by atoms with Gasteiger partial charge < -0.3 is 20.6 Å². The number of benzene rings is 1. The molecule has 3 N–H and O–H groups in total. The summed E-state index contributed by atoms with van der Waals surface area (Å²) in [4.78, 5) is 19.2. The summed E-state index contributed by atoms with van der Waals surface area (Å²) in [6.07, 6.45) is 6.71. The summed E-state index contributed by atoms with van der Waals surface area (Å²) >= 11 is 0. The summed E-state index contributed by atoms with van der Waals surface area (Å²) in [5.74, 6) is 0.985. The minimum atomic E-state index is -0.142. The Morgan fingerprint density at radius 3 is 2.62 bits per heavy atom. The van der Waals surface area contributed by atoms with Gasteiger partial charge >= 0.3 is 0 Å². The molecule has 26 heavy (non-hydrogen) atoms. The first-order chi connectivity index (χ1) is 12.6. The fourth-order valence-electron chi connectivity index (χ4n) is 4.12. The Bertz CT molecular complexity index is 636. The molecule has 0 unspecified atom stereocenters. The number of phenols is 1. The lowest BCUT2D eigenvalue weighted by Crippen LogP contribution is -2.41. The Morgan fingerprint density at radius 2 is 1.92 bits per heavy atom. The van der Waals surface area contributed by atoms with Gasteiger partial charge in [0.1, 0.15) is 5.75 Å². The van der Waals surface area contributed by atoms with E-state index < -0.39 is 0 Å². The summed E-state index contributed by atoms with van der Waals surface area (Å²) < 4.78 is 0. The first-order valence-corrected chi connectivity index (χ1v) is 9.72. The number of amides is 1. The Kier molecular flexibility index (Phi) is 6.01. The third-order valence-electron chi connectivity index (χ3n) is 5.53. The highest BCUT2D eigenvalue weighted by atomic mass is 16.3. The van der Waals surface area contributed by atoms with Crippen molar-refractivity contribution in [3.63, 3.8) is 0 Å². The summed E-state index contributed by atoms with van der Waals surface area (Å²) in [7, 11) is 0. The van der Waals surface area contributed by atoms with Crippen LogP contribution in [0.15, 0.2) is 29.3 Å². The molecular weight excluding hydrogens is 328 g/mol. The lowest BCUT2D eigenvalue weighted by molar-refractivity contribution is 0.0955. The quantitative estimate of drug-likeness (QED) is 0.429. The molecule has 1 aromatic rings. The second-order valence-electron chi connectivity index (χ2n) is 7.42. The molecule has 1 heterocycles. The monoisotopic (exact) mass is 358 g/mol. The molecule has 2 fully saturated rings. The van der Waals surface area contributed by atoms with Crippen molar-refractivity contribution in [1.29, 1.82) is 0 Å². The van der Waals surface area contributed by atoms with E-state index in [1.165, 1.54) is 44.2 Å². The molecule has 1 aliphatic carbocycles. The van der Waals surface area contributed by atoms with Crippen molar-refractivity contribution in [2.24, 2.45) is 10.4 Å². The highest BCUT2D eigenvalue weighted by molar-refractivity contribution is 5.94. The molecule has 3 rings (SSSR count). The molecule has 6 heteroatoms. The summed E-state index contributed by atoms with van der Waals surface area (Å²) in [5, 5.41) is 15.6. The number of aliphatic imine (C=N–C) groups is 1. The average molecular weight is 358 g/mol. The van der Waals surface area contributed by atoms with Gasteiger partial charge in [0.05, 0.1) is 6.54 Å². The van der Waals surface area contributed by atoms with Gasteiger partial charge in [-0.3, -0.25) is 9.79 Å². The average Bonchev–Trinajstić information content (AvgIpc) is 3.28. The maximum atomic E-state index is 12.1. The van der Waals surface area contributed by atoms with Crippen LogP contribution >= 0.6 is 0 Å². The summed E-state index contributed by atoms with van der Waals surface area (Å²) in [6, 6.07) is 6.26. The molecule has 1 saturated heterocycles. The number of carbonyl (C=O) groups excluding carboxylic acids is 1. The van der Waals surface area contributed by atoms with Crippen LogP contribution in [0.5, 0.6) is 5.75 Å². The number of guanidine groups is 1. The second kappa shape index (κ2) is 8.43. The predicted octanol–water partition coefficient (Wildman–Crippen LogP) is 2.35. The topological polar surface area (TPSA) is 77.0 Å². The van der Waals surface area contributed by atoms with Gasteiger partial charge in [0.2, 0.25) is 0 Å². The lowest BCUT2D eigenvalue weighted by Gasteiger charge is -2.26. The largest absolute Gasteiger partial charge is 0.508 e. The second-order valence-corrected chi connectivity index (χ2v) is 7.42. The van der Waals surface area contributed by atoms with E-state index in [-0.39, 0.29) is 11.7 Å². The van der Waals surface area contributed by atoms with Crippen LogP contribution in [0.1, 0.15) is 49.4 Å². The van der Waals surface area contributed by atoms with E-state index in [1.54, 1.807) is 12.1 Å². The number of aromatic hydroxyl groups is 1. The minimum absolute atomic E-state index is 0.142. The zero-order chi connectivity index (χ0) is 18.4. The van der Waals surface area contributed by atoms with E-state index in [0.717, 1.165) is 25.6 Å². The third kappa shape index (κ3) is 4.48. The minimum Gasteiger partial charge on any atom is -0.508 e. The molecule has 1 amide bonds. The van der Waals surface area contributed by atoms with E-state index in [2.05, 4.69) is 22.5 Å². The van der Waals surface area contributed by atoms with Gasteiger partial charge in [-0.1, -0.05) is 12.8 Å². The Labute approximate surface area is 155 Å². The molecule has 0 aromatic heterocycles. The first kappa shape index (κ1) is 18.5. The third-order valence-corrected chi connectivity index (χ3v) is 5.53. The highest BCUT2D eigenvalue weighted by Crippen LogP contribution is 2.45. The molecule has 0 radical (unpaired) electrons. The summed E-state index contributed by atoms with van der Waals surface area (Å²) in [6.45, 7) is 6.17. The van der Waals surface area contributed by atoms with E-state index in [4.69, 9.17) is 4.99 Å². The molecule has 142 valence electrons. The molecule has 6 nitrogen and oxygen atoms in total. The van der Waals surface area contributed by atoms with E-state index in [0.29, 0.717) is 24.1 Å². The fraction of sp³-hybridized carbons (Fsp3) is 0.600. The van der Waals surface area contributed by atoms with E-state index in [9.17, 15) is 9.90 Å². The highest BCUT2D eigenvalue weighted by Gasteiger charge is 2.41. The van der Waals surface area contributed by atoms with Gasteiger partial charge in [0, 0.05) is 31.7 Å².